The van der Waals surface area contributed by atoms with Crippen LogP contribution in [0.25, 0.3) is 0 Å². The van der Waals surface area contributed by atoms with Gasteiger partial charge in [0, 0.05) is 7.05 Å². The van der Waals surface area contributed by atoms with E-state index in [2.05, 4.69) is 5.32 Å². The molecule has 0 aliphatic carbocycles. The Hall–Kier alpha value is -1.76. The van der Waals surface area contributed by atoms with Crippen LogP contribution in [0.2, 0.25) is 0 Å². The highest BCUT2D eigenvalue weighted by Crippen LogP contribution is 2.45. The molecule has 24 heavy (non-hydrogen) atoms. The van der Waals surface area contributed by atoms with Gasteiger partial charge >= 0.3 is 10.2 Å². The summed E-state index contributed by atoms with van der Waals surface area (Å²) < 4.78 is 28.8. The molecule has 1 aliphatic heterocycles. The van der Waals surface area contributed by atoms with Crippen molar-refractivity contribution in [2.75, 3.05) is 29.3 Å². The van der Waals surface area contributed by atoms with Crippen LogP contribution in [0, 0.1) is 0 Å². The summed E-state index contributed by atoms with van der Waals surface area (Å²) in [5, 5.41) is 3.12. The number of nitrogens with zero attached hydrogens (tertiary/aromatic N) is 2. The first-order valence-electron chi connectivity index (χ1n) is 7.64. The molecule has 1 N–H and O–H groups in total. The lowest BCUT2D eigenvalue weighted by Gasteiger charge is -2.29. The van der Waals surface area contributed by atoms with Crippen molar-refractivity contribution in [1.29, 1.82) is 0 Å². The van der Waals surface area contributed by atoms with Crippen LogP contribution >= 0.6 is 12.4 Å². The smallest absolute Gasteiger partial charge is 0.320 e. The van der Waals surface area contributed by atoms with Crippen molar-refractivity contribution in [3.63, 3.8) is 0 Å². The summed E-state index contributed by atoms with van der Waals surface area (Å²) >= 11 is 0. The lowest BCUT2D eigenvalue weighted by Crippen LogP contribution is -2.39. The van der Waals surface area contributed by atoms with Gasteiger partial charge in [-0.3, -0.25) is 4.31 Å². The fourth-order valence-electron chi connectivity index (χ4n) is 3.00. The number of hydrogen-bond donors (Lipinski definition) is 1. The second-order valence-corrected chi connectivity index (χ2v) is 7.42. The monoisotopic (exact) mass is 367 g/mol. The summed E-state index contributed by atoms with van der Waals surface area (Å²) in [6.07, 6.45) is 0.696. The summed E-state index contributed by atoms with van der Waals surface area (Å²) in [5.74, 6) is 0. The minimum Gasteiger partial charge on any atom is -0.320 e. The molecule has 0 saturated carbocycles. The third-order valence-electron chi connectivity index (χ3n) is 4.19. The van der Waals surface area contributed by atoms with Crippen molar-refractivity contribution in [2.24, 2.45) is 0 Å². The highest BCUT2D eigenvalue weighted by Gasteiger charge is 2.42. The van der Waals surface area contributed by atoms with Gasteiger partial charge in [0.1, 0.15) is 0 Å². The Balaban J connectivity index is 0.00000208. The molecule has 0 fully saturated rings. The Morgan fingerprint density at radius 2 is 1.58 bits per heavy atom. The SMILES string of the molecule is CNCC[C@@H](c1ccccc1)N1c2ccccc2N(C)S1(=O)=O.Cl. The van der Waals surface area contributed by atoms with Crippen molar-refractivity contribution >= 4 is 34.0 Å². The maximum Gasteiger partial charge on any atom is 0.326 e. The van der Waals surface area contributed by atoms with Gasteiger partial charge < -0.3 is 5.32 Å². The van der Waals surface area contributed by atoms with Gasteiger partial charge in [0.15, 0.2) is 0 Å². The zero-order chi connectivity index (χ0) is 16.4. The van der Waals surface area contributed by atoms with Crippen molar-refractivity contribution in [3.8, 4) is 0 Å². The second-order valence-electron chi connectivity index (χ2n) is 5.58. The number of halogens is 1. The van der Waals surface area contributed by atoms with Gasteiger partial charge in [-0.1, -0.05) is 42.5 Å². The normalized spacial score (nSPS) is 16.4. The lowest BCUT2D eigenvalue weighted by molar-refractivity contribution is 0.564. The van der Waals surface area contributed by atoms with Crippen LogP contribution in [-0.2, 0) is 10.2 Å². The molecule has 0 radical (unpaired) electrons. The molecular formula is C17H22ClN3O2S. The summed E-state index contributed by atoms with van der Waals surface area (Å²) in [5.41, 5.74) is 2.45. The maximum absolute atomic E-state index is 13.0. The maximum atomic E-state index is 13.0. The van der Waals surface area contributed by atoms with Crippen LogP contribution in [0.5, 0.6) is 0 Å². The van der Waals surface area contributed by atoms with Gasteiger partial charge in [-0.25, -0.2) is 4.31 Å². The van der Waals surface area contributed by atoms with Crippen molar-refractivity contribution < 1.29 is 8.42 Å². The van der Waals surface area contributed by atoms with Crippen molar-refractivity contribution in [3.05, 3.63) is 60.2 Å². The Kier molecular flexibility index (Phi) is 5.74. The Labute approximate surface area is 149 Å². The van der Waals surface area contributed by atoms with Crippen molar-refractivity contribution in [2.45, 2.75) is 12.5 Å². The van der Waals surface area contributed by atoms with E-state index in [0.29, 0.717) is 6.42 Å². The molecule has 5 nitrogen and oxygen atoms in total. The van der Waals surface area contributed by atoms with Gasteiger partial charge in [-0.2, -0.15) is 8.42 Å². The summed E-state index contributed by atoms with van der Waals surface area (Å²) in [4.78, 5) is 0. The molecule has 2 aromatic carbocycles. The van der Waals surface area contributed by atoms with Gasteiger partial charge in [0.2, 0.25) is 0 Å². The third-order valence-corrected chi connectivity index (χ3v) is 6.03. The van der Waals surface area contributed by atoms with E-state index in [1.807, 2.05) is 61.6 Å². The number of benzene rings is 2. The molecule has 2 aromatic rings. The quantitative estimate of drug-likeness (QED) is 0.883. The van der Waals surface area contributed by atoms with Gasteiger partial charge in [0.25, 0.3) is 0 Å². The Bertz CT molecular complexity index is 783. The number of fused-ring (bicyclic) bond motifs is 1. The van der Waals surface area contributed by atoms with E-state index in [4.69, 9.17) is 0 Å². The average Bonchev–Trinajstić information content (AvgIpc) is 2.77. The zero-order valence-electron chi connectivity index (χ0n) is 13.7. The molecule has 0 bridgehead atoms. The first-order valence-corrected chi connectivity index (χ1v) is 9.04. The molecule has 0 aromatic heterocycles. The van der Waals surface area contributed by atoms with Gasteiger partial charge in [-0.15, -0.1) is 12.4 Å². The lowest BCUT2D eigenvalue weighted by atomic mass is 10.0. The van der Waals surface area contributed by atoms with Crippen LogP contribution in [-0.4, -0.2) is 29.1 Å². The van der Waals surface area contributed by atoms with Gasteiger partial charge in [0.05, 0.1) is 17.4 Å². The molecule has 1 atom stereocenters. The first kappa shape index (κ1) is 18.6. The molecule has 0 saturated heterocycles. The predicted octanol–water partition coefficient (Wildman–Crippen LogP) is 2.96. The van der Waals surface area contributed by atoms with Gasteiger partial charge in [-0.05, 0) is 37.7 Å². The molecule has 0 spiro atoms. The van der Waals surface area contributed by atoms with Crippen LogP contribution in [0.3, 0.4) is 0 Å². The molecular weight excluding hydrogens is 346 g/mol. The molecule has 1 heterocycles. The first-order chi connectivity index (χ1) is 11.1. The molecule has 0 unspecified atom stereocenters. The zero-order valence-corrected chi connectivity index (χ0v) is 15.3. The van der Waals surface area contributed by atoms with E-state index >= 15 is 0 Å². The Morgan fingerprint density at radius 3 is 2.21 bits per heavy atom. The summed E-state index contributed by atoms with van der Waals surface area (Å²) in [7, 11) is -0.0828. The fourth-order valence-corrected chi connectivity index (χ4v) is 4.62. The average molecular weight is 368 g/mol. The molecule has 7 heteroatoms. The van der Waals surface area contributed by atoms with E-state index in [0.717, 1.165) is 23.5 Å². The van der Waals surface area contributed by atoms with Crippen LogP contribution in [0.4, 0.5) is 11.4 Å². The summed E-state index contributed by atoms with van der Waals surface area (Å²) in [6.45, 7) is 0.734. The minimum atomic E-state index is -3.56. The van der Waals surface area contributed by atoms with Crippen LogP contribution < -0.4 is 13.9 Å². The highest BCUT2D eigenvalue weighted by atomic mass is 35.5. The number of anilines is 2. The van der Waals surface area contributed by atoms with E-state index in [9.17, 15) is 8.42 Å². The van der Waals surface area contributed by atoms with Crippen LogP contribution in [0.1, 0.15) is 18.0 Å². The van der Waals surface area contributed by atoms with Crippen molar-refractivity contribution in [1.82, 2.24) is 5.32 Å². The number of rotatable bonds is 5. The van der Waals surface area contributed by atoms with E-state index in [-0.39, 0.29) is 18.4 Å². The molecule has 1 aliphatic rings. The summed E-state index contributed by atoms with van der Waals surface area (Å²) in [6, 6.07) is 17.0. The Morgan fingerprint density at radius 1 is 1.00 bits per heavy atom. The third kappa shape index (κ3) is 3.09. The number of hydrogen-bond acceptors (Lipinski definition) is 3. The minimum absolute atomic E-state index is 0. The fraction of sp³-hybridized carbons (Fsp3) is 0.294. The number of para-hydroxylation sites is 2. The van der Waals surface area contributed by atoms with E-state index in [1.54, 1.807) is 11.4 Å². The molecule has 3 rings (SSSR count). The van der Waals surface area contributed by atoms with E-state index < -0.39 is 10.2 Å². The van der Waals surface area contributed by atoms with Crippen LogP contribution in [0.15, 0.2) is 54.6 Å². The number of nitrogens with one attached hydrogen (secondary N) is 1. The molecule has 0 amide bonds. The van der Waals surface area contributed by atoms with E-state index in [1.165, 1.54) is 4.31 Å². The predicted molar refractivity (Wildman–Crippen MR) is 101 cm³/mol. The molecule has 130 valence electrons. The highest BCUT2D eigenvalue weighted by molar-refractivity contribution is 7.94. The standard InChI is InChI=1S/C17H21N3O2S.ClH/c1-18-13-12-15(14-8-4-3-5-9-14)20-17-11-7-6-10-16(17)19(2)23(20,21)22;/h3-11,15,18H,12-13H2,1-2H3;1H/t15-;/m0./s1. The largest absolute Gasteiger partial charge is 0.326 e. The topological polar surface area (TPSA) is 52.6 Å². The second kappa shape index (κ2) is 7.42.